The van der Waals surface area contributed by atoms with Crippen molar-refractivity contribution >= 4 is 16.8 Å². The quantitative estimate of drug-likeness (QED) is 0.517. The number of aromatic nitrogens is 1. The number of para-hydroxylation sites is 1. The lowest BCUT2D eigenvalue weighted by Gasteiger charge is -2.19. The molecule has 29 heavy (non-hydrogen) atoms. The van der Waals surface area contributed by atoms with Gasteiger partial charge < -0.3 is 21.1 Å². The van der Waals surface area contributed by atoms with Crippen LogP contribution < -0.4 is 11.1 Å². The number of rotatable bonds is 6. The summed E-state index contributed by atoms with van der Waals surface area (Å²) < 4.78 is 0. The number of nitrogens with one attached hydrogen (secondary N) is 2. The third-order valence-corrected chi connectivity index (χ3v) is 5.72. The third kappa shape index (κ3) is 3.32. The normalized spacial score (nSPS) is 17.9. The van der Waals surface area contributed by atoms with Crippen molar-refractivity contribution in [2.75, 3.05) is 6.54 Å². The van der Waals surface area contributed by atoms with Crippen LogP contribution in [0.2, 0.25) is 0 Å². The van der Waals surface area contributed by atoms with Gasteiger partial charge in [0, 0.05) is 16.6 Å². The first-order chi connectivity index (χ1) is 14.0. The van der Waals surface area contributed by atoms with Crippen LogP contribution in [0, 0.1) is 5.92 Å². The summed E-state index contributed by atoms with van der Waals surface area (Å²) in [5, 5.41) is 15.1. The number of benzene rings is 2. The number of carbonyl (C=O) groups excluding carboxylic acids is 1. The summed E-state index contributed by atoms with van der Waals surface area (Å²) in [5.41, 5.74) is 10.3. The van der Waals surface area contributed by atoms with Crippen LogP contribution >= 0.6 is 0 Å². The highest BCUT2D eigenvalue weighted by molar-refractivity contribution is 6.00. The van der Waals surface area contributed by atoms with Gasteiger partial charge in [-0.05, 0) is 36.1 Å². The van der Waals surface area contributed by atoms with Crippen LogP contribution in [0.4, 0.5) is 0 Å². The lowest BCUT2D eigenvalue weighted by Crippen LogP contribution is -2.33. The standard InChI is InChI=1S/C24H27N3O2/c1-14(2)21-23(28)20(24(29)27-21)19(15-8-4-3-5-9-15)22-17(12-13-25)16-10-6-7-11-18(16)26-22/h3-11,14,19,21,26,28H,12-13,25H2,1-2H3,(H,27,29). The van der Waals surface area contributed by atoms with E-state index in [1.54, 1.807) is 0 Å². The molecule has 1 aliphatic heterocycles. The molecule has 2 unspecified atom stereocenters. The molecule has 1 aromatic heterocycles. The van der Waals surface area contributed by atoms with Crippen LogP contribution in [0.15, 0.2) is 65.9 Å². The van der Waals surface area contributed by atoms with Crippen LogP contribution in [0.3, 0.4) is 0 Å². The van der Waals surface area contributed by atoms with Crippen LogP contribution in [0.25, 0.3) is 10.9 Å². The first-order valence-electron chi connectivity index (χ1n) is 10.1. The van der Waals surface area contributed by atoms with E-state index in [1.807, 2.05) is 62.4 Å². The van der Waals surface area contributed by atoms with E-state index >= 15 is 0 Å². The van der Waals surface area contributed by atoms with Gasteiger partial charge in [-0.25, -0.2) is 0 Å². The SMILES string of the molecule is CC(C)C1NC(=O)C(C(c2ccccc2)c2[nH]c3ccccc3c2CCN)=C1O. The average molecular weight is 389 g/mol. The summed E-state index contributed by atoms with van der Waals surface area (Å²) in [5.74, 6) is -0.378. The number of fused-ring (bicyclic) bond motifs is 1. The smallest absolute Gasteiger partial charge is 0.252 e. The van der Waals surface area contributed by atoms with Crippen molar-refractivity contribution in [3.05, 3.63) is 82.8 Å². The van der Waals surface area contributed by atoms with Crippen LogP contribution in [-0.2, 0) is 11.2 Å². The Labute approximate surface area is 170 Å². The Hall–Kier alpha value is -3.05. The van der Waals surface area contributed by atoms with E-state index in [0.29, 0.717) is 18.5 Å². The molecule has 2 atom stereocenters. The zero-order chi connectivity index (χ0) is 20.5. The number of hydrogen-bond acceptors (Lipinski definition) is 3. The molecule has 3 aromatic rings. The highest BCUT2D eigenvalue weighted by Gasteiger charge is 2.40. The van der Waals surface area contributed by atoms with Crippen LogP contribution in [0.5, 0.6) is 0 Å². The fraction of sp³-hybridized carbons (Fsp3) is 0.292. The van der Waals surface area contributed by atoms with Crippen molar-refractivity contribution in [2.45, 2.75) is 32.2 Å². The zero-order valence-corrected chi connectivity index (χ0v) is 16.8. The lowest BCUT2D eigenvalue weighted by molar-refractivity contribution is -0.117. The number of aliphatic hydroxyl groups is 1. The van der Waals surface area contributed by atoms with Gasteiger partial charge in [0.15, 0.2) is 0 Å². The fourth-order valence-electron chi connectivity index (χ4n) is 4.34. The second-order valence-corrected chi connectivity index (χ2v) is 7.94. The Bertz CT molecular complexity index is 1070. The molecule has 0 bridgehead atoms. The molecule has 0 radical (unpaired) electrons. The number of H-pyrrole nitrogens is 1. The molecule has 4 rings (SSSR count). The Kier molecular flexibility index (Phi) is 5.16. The molecule has 2 heterocycles. The highest BCUT2D eigenvalue weighted by atomic mass is 16.3. The van der Waals surface area contributed by atoms with E-state index in [0.717, 1.165) is 27.7 Å². The molecule has 5 nitrogen and oxygen atoms in total. The van der Waals surface area contributed by atoms with E-state index in [9.17, 15) is 9.90 Å². The van der Waals surface area contributed by atoms with E-state index in [4.69, 9.17) is 5.73 Å². The maximum absolute atomic E-state index is 13.0. The molecule has 2 aromatic carbocycles. The molecule has 1 amide bonds. The van der Waals surface area contributed by atoms with E-state index in [1.165, 1.54) is 0 Å². The summed E-state index contributed by atoms with van der Waals surface area (Å²) in [6.07, 6.45) is 0.686. The van der Waals surface area contributed by atoms with Gasteiger partial charge in [0.05, 0.1) is 17.5 Å². The molecule has 1 aliphatic rings. The highest BCUT2D eigenvalue weighted by Crippen LogP contribution is 2.40. The predicted molar refractivity (Wildman–Crippen MR) is 116 cm³/mol. The Balaban J connectivity index is 1.98. The summed E-state index contributed by atoms with van der Waals surface area (Å²) in [7, 11) is 0. The van der Waals surface area contributed by atoms with Crippen molar-refractivity contribution in [2.24, 2.45) is 11.7 Å². The van der Waals surface area contributed by atoms with Crippen LogP contribution in [0.1, 0.15) is 36.6 Å². The summed E-state index contributed by atoms with van der Waals surface area (Å²) in [6, 6.07) is 17.6. The predicted octanol–water partition coefficient (Wildman–Crippen LogP) is 3.77. The average Bonchev–Trinajstić information content (AvgIpc) is 3.22. The largest absolute Gasteiger partial charge is 0.510 e. The summed E-state index contributed by atoms with van der Waals surface area (Å²) in [6.45, 7) is 4.48. The van der Waals surface area contributed by atoms with Gasteiger partial charge in [-0.15, -0.1) is 0 Å². The van der Waals surface area contributed by atoms with E-state index < -0.39 is 5.92 Å². The Morgan fingerprint density at radius 2 is 1.76 bits per heavy atom. The molecule has 0 aliphatic carbocycles. The topological polar surface area (TPSA) is 91.1 Å². The van der Waals surface area contributed by atoms with Crippen molar-refractivity contribution in [1.29, 1.82) is 0 Å². The third-order valence-electron chi connectivity index (χ3n) is 5.72. The van der Waals surface area contributed by atoms with Crippen molar-refractivity contribution < 1.29 is 9.90 Å². The van der Waals surface area contributed by atoms with Gasteiger partial charge in [-0.3, -0.25) is 4.79 Å². The number of nitrogens with two attached hydrogens (primary N) is 1. The van der Waals surface area contributed by atoms with E-state index in [2.05, 4.69) is 16.4 Å². The monoisotopic (exact) mass is 389 g/mol. The second-order valence-electron chi connectivity index (χ2n) is 7.94. The molecule has 0 spiro atoms. The second kappa shape index (κ2) is 7.76. The maximum Gasteiger partial charge on any atom is 0.252 e. The number of amides is 1. The van der Waals surface area contributed by atoms with E-state index in [-0.39, 0.29) is 23.6 Å². The van der Waals surface area contributed by atoms with Gasteiger partial charge in [-0.1, -0.05) is 62.4 Å². The molecule has 0 saturated carbocycles. The molecule has 0 fully saturated rings. The number of aromatic amines is 1. The summed E-state index contributed by atoms with van der Waals surface area (Å²) >= 11 is 0. The van der Waals surface area contributed by atoms with Gasteiger partial charge in [0.1, 0.15) is 5.76 Å². The van der Waals surface area contributed by atoms with Crippen molar-refractivity contribution in [3.8, 4) is 0 Å². The minimum atomic E-state index is -0.395. The maximum atomic E-state index is 13.0. The summed E-state index contributed by atoms with van der Waals surface area (Å²) in [4.78, 5) is 16.5. The van der Waals surface area contributed by atoms with Gasteiger partial charge in [-0.2, -0.15) is 0 Å². The molecule has 0 saturated heterocycles. The number of carbonyl (C=O) groups is 1. The minimum absolute atomic E-state index is 0.0964. The van der Waals surface area contributed by atoms with Gasteiger partial charge >= 0.3 is 0 Å². The lowest BCUT2D eigenvalue weighted by atomic mass is 9.84. The first-order valence-corrected chi connectivity index (χ1v) is 10.1. The number of hydrogen-bond donors (Lipinski definition) is 4. The van der Waals surface area contributed by atoms with Gasteiger partial charge in [0.25, 0.3) is 5.91 Å². The Morgan fingerprint density at radius 3 is 2.41 bits per heavy atom. The van der Waals surface area contributed by atoms with Gasteiger partial charge in [0.2, 0.25) is 0 Å². The molecular formula is C24H27N3O2. The fourth-order valence-corrected chi connectivity index (χ4v) is 4.34. The number of aliphatic hydroxyl groups excluding tert-OH is 1. The molecule has 150 valence electrons. The molecule has 5 heteroatoms. The zero-order valence-electron chi connectivity index (χ0n) is 16.8. The van der Waals surface area contributed by atoms with Crippen molar-refractivity contribution in [3.63, 3.8) is 0 Å². The molecule has 5 N–H and O–H groups in total. The van der Waals surface area contributed by atoms with Crippen LogP contribution in [-0.4, -0.2) is 28.6 Å². The van der Waals surface area contributed by atoms with Crippen molar-refractivity contribution in [1.82, 2.24) is 10.3 Å². The minimum Gasteiger partial charge on any atom is -0.510 e. The molecular weight excluding hydrogens is 362 g/mol. The first kappa shape index (κ1) is 19.3. The Morgan fingerprint density at radius 1 is 1.07 bits per heavy atom.